The highest BCUT2D eigenvalue weighted by atomic mass is 35.5. The van der Waals surface area contributed by atoms with E-state index in [1.807, 2.05) is 0 Å². The smallest absolute Gasteiger partial charge is 0.326 e. The molecule has 2 rings (SSSR count). The van der Waals surface area contributed by atoms with Gasteiger partial charge in [0.2, 0.25) is 11.8 Å². The summed E-state index contributed by atoms with van der Waals surface area (Å²) in [6.07, 6.45) is 0.0937. The molecule has 0 aliphatic carbocycles. The van der Waals surface area contributed by atoms with Crippen LogP contribution in [0.5, 0.6) is 0 Å². The Morgan fingerprint density at radius 3 is 2.48 bits per heavy atom. The van der Waals surface area contributed by atoms with Gasteiger partial charge in [0.1, 0.15) is 6.54 Å². The normalized spacial score (nSPS) is 13.7. The van der Waals surface area contributed by atoms with Crippen molar-refractivity contribution in [3.63, 3.8) is 0 Å². The van der Waals surface area contributed by atoms with Crippen molar-refractivity contribution in [2.45, 2.75) is 12.8 Å². The van der Waals surface area contributed by atoms with Crippen molar-refractivity contribution in [2.75, 3.05) is 18.5 Å². The summed E-state index contributed by atoms with van der Waals surface area (Å²) in [4.78, 5) is 56.8. The molecule has 1 aromatic carbocycles. The quantitative estimate of drug-likeness (QED) is 0.340. The number of halogens is 1. The molecule has 1 heterocycles. The van der Waals surface area contributed by atoms with Crippen molar-refractivity contribution >= 4 is 46.7 Å². The van der Waals surface area contributed by atoms with Gasteiger partial charge in [-0.2, -0.15) is 0 Å². The van der Waals surface area contributed by atoms with Gasteiger partial charge in [-0.25, -0.2) is 0 Å². The zero-order valence-corrected chi connectivity index (χ0v) is 13.4. The Bertz CT molecular complexity index is 749. The summed E-state index contributed by atoms with van der Waals surface area (Å²) in [6.45, 7) is -1.22. The van der Waals surface area contributed by atoms with Gasteiger partial charge in [-0.15, -0.1) is 0 Å². The molecule has 3 amide bonds. The first kappa shape index (κ1) is 18.3. The molecule has 1 fully saturated rings. The Morgan fingerprint density at radius 1 is 1.28 bits per heavy atom. The molecule has 1 aliphatic heterocycles. The maximum atomic E-state index is 11.7. The molecule has 25 heavy (non-hydrogen) atoms. The molecule has 0 atom stereocenters. The van der Waals surface area contributed by atoms with Crippen LogP contribution in [0, 0.1) is 10.1 Å². The number of nitro groups is 1. The summed E-state index contributed by atoms with van der Waals surface area (Å²) >= 11 is 5.82. The van der Waals surface area contributed by atoms with Gasteiger partial charge < -0.3 is 10.1 Å². The summed E-state index contributed by atoms with van der Waals surface area (Å²) in [7, 11) is 0. The van der Waals surface area contributed by atoms with Crippen LogP contribution < -0.4 is 5.32 Å². The van der Waals surface area contributed by atoms with Gasteiger partial charge in [0.15, 0.2) is 6.61 Å². The Morgan fingerprint density at radius 2 is 1.92 bits per heavy atom. The zero-order chi connectivity index (χ0) is 18.6. The van der Waals surface area contributed by atoms with Crippen molar-refractivity contribution in [1.82, 2.24) is 4.90 Å². The number of carbonyl (C=O) groups excluding carboxylic acids is 4. The van der Waals surface area contributed by atoms with Gasteiger partial charge in [0.05, 0.1) is 15.6 Å². The Balaban J connectivity index is 1.84. The van der Waals surface area contributed by atoms with E-state index in [4.69, 9.17) is 11.6 Å². The van der Waals surface area contributed by atoms with Crippen molar-refractivity contribution in [1.29, 1.82) is 0 Å². The SMILES string of the molecule is O=C(COC(=O)CN1C(=O)CCC1=O)Nc1ccc([N+](=O)[O-])cc1Cl. The van der Waals surface area contributed by atoms with Crippen LogP contribution in [0.2, 0.25) is 5.02 Å². The number of ether oxygens (including phenoxy) is 1. The average molecular weight is 370 g/mol. The van der Waals surface area contributed by atoms with Crippen molar-refractivity contribution in [3.05, 3.63) is 33.3 Å². The highest BCUT2D eigenvalue weighted by Crippen LogP contribution is 2.26. The fraction of sp³-hybridized carbons (Fsp3) is 0.286. The number of benzene rings is 1. The van der Waals surface area contributed by atoms with E-state index in [9.17, 15) is 29.3 Å². The fourth-order valence-corrected chi connectivity index (χ4v) is 2.25. The number of anilines is 1. The monoisotopic (exact) mass is 369 g/mol. The number of rotatable bonds is 6. The van der Waals surface area contributed by atoms with Gasteiger partial charge >= 0.3 is 5.97 Å². The number of hydrogen-bond acceptors (Lipinski definition) is 7. The summed E-state index contributed by atoms with van der Waals surface area (Å²) in [5, 5.41) is 12.9. The molecule has 0 saturated carbocycles. The van der Waals surface area contributed by atoms with Crippen molar-refractivity contribution in [3.8, 4) is 0 Å². The topological polar surface area (TPSA) is 136 Å². The molecular formula is C14H12ClN3O7. The fourth-order valence-electron chi connectivity index (χ4n) is 2.03. The van der Waals surface area contributed by atoms with Crippen LogP contribution in [0.25, 0.3) is 0 Å². The van der Waals surface area contributed by atoms with E-state index in [-0.39, 0.29) is 29.2 Å². The first-order valence-corrected chi connectivity index (χ1v) is 7.38. The minimum atomic E-state index is -0.909. The standard InChI is InChI=1S/C14H12ClN3O7/c15-9-5-8(18(23)24)1-2-10(9)16-11(19)7-25-14(22)6-17-12(20)3-4-13(17)21/h1-2,5H,3-4,6-7H2,(H,16,19). The molecule has 0 aromatic heterocycles. The second-order valence-electron chi connectivity index (χ2n) is 5.00. The molecule has 0 unspecified atom stereocenters. The van der Waals surface area contributed by atoms with Crippen molar-refractivity contribution in [2.24, 2.45) is 0 Å². The molecule has 11 heteroatoms. The summed E-state index contributed by atoms with van der Waals surface area (Å²) in [5.41, 5.74) is -0.132. The van der Waals surface area contributed by atoms with E-state index >= 15 is 0 Å². The number of carbonyl (C=O) groups is 4. The number of likely N-dealkylation sites (tertiary alicyclic amines) is 1. The molecule has 1 saturated heterocycles. The van der Waals surface area contributed by atoms with Crippen LogP contribution in [0.4, 0.5) is 11.4 Å². The summed E-state index contributed by atoms with van der Waals surface area (Å²) in [6, 6.07) is 3.45. The largest absolute Gasteiger partial charge is 0.454 e. The third kappa shape index (κ3) is 4.73. The third-order valence-electron chi connectivity index (χ3n) is 3.24. The maximum Gasteiger partial charge on any atom is 0.326 e. The molecular weight excluding hydrogens is 358 g/mol. The highest BCUT2D eigenvalue weighted by Gasteiger charge is 2.31. The summed E-state index contributed by atoms with van der Waals surface area (Å²) in [5.74, 6) is -2.58. The number of imide groups is 1. The van der Waals surface area contributed by atoms with Gasteiger partial charge in [-0.3, -0.25) is 34.2 Å². The lowest BCUT2D eigenvalue weighted by atomic mass is 10.3. The summed E-state index contributed by atoms with van der Waals surface area (Å²) < 4.78 is 4.69. The molecule has 132 valence electrons. The van der Waals surface area contributed by atoms with Crippen LogP contribution in [-0.4, -0.2) is 46.7 Å². The van der Waals surface area contributed by atoms with Gasteiger partial charge in [-0.1, -0.05) is 11.6 Å². The average Bonchev–Trinajstić information content (AvgIpc) is 2.86. The molecule has 1 aliphatic rings. The Labute approximate surface area is 145 Å². The Kier molecular flexibility index (Phi) is 5.65. The number of hydrogen-bond donors (Lipinski definition) is 1. The first-order valence-electron chi connectivity index (χ1n) is 7.00. The number of non-ortho nitro benzene ring substituents is 1. The van der Waals surface area contributed by atoms with E-state index in [1.54, 1.807) is 0 Å². The molecule has 0 spiro atoms. The Hall–Kier alpha value is -3.01. The van der Waals surface area contributed by atoms with E-state index in [0.29, 0.717) is 0 Å². The van der Waals surface area contributed by atoms with E-state index < -0.39 is 41.8 Å². The van der Waals surface area contributed by atoms with Gasteiger partial charge in [0.25, 0.3) is 11.6 Å². The van der Waals surface area contributed by atoms with E-state index in [2.05, 4.69) is 10.1 Å². The van der Waals surface area contributed by atoms with Crippen LogP contribution >= 0.6 is 11.6 Å². The predicted octanol–water partition coefficient (Wildman–Crippen LogP) is 0.879. The van der Waals surface area contributed by atoms with Crippen LogP contribution in [0.1, 0.15) is 12.8 Å². The van der Waals surface area contributed by atoms with Crippen LogP contribution in [0.15, 0.2) is 18.2 Å². The lowest BCUT2D eigenvalue weighted by molar-refractivity contribution is -0.384. The number of esters is 1. The highest BCUT2D eigenvalue weighted by molar-refractivity contribution is 6.34. The van der Waals surface area contributed by atoms with E-state index in [0.717, 1.165) is 17.0 Å². The third-order valence-corrected chi connectivity index (χ3v) is 3.56. The molecule has 1 N–H and O–H groups in total. The lowest BCUT2D eigenvalue weighted by Crippen LogP contribution is -2.36. The van der Waals surface area contributed by atoms with Crippen LogP contribution in [0.3, 0.4) is 0 Å². The molecule has 0 bridgehead atoms. The minimum Gasteiger partial charge on any atom is -0.454 e. The number of nitrogens with one attached hydrogen (secondary N) is 1. The number of nitrogens with zero attached hydrogens (tertiary/aromatic N) is 2. The van der Waals surface area contributed by atoms with E-state index in [1.165, 1.54) is 6.07 Å². The first-order chi connectivity index (χ1) is 11.8. The second-order valence-corrected chi connectivity index (χ2v) is 5.41. The minimum absolute atomic E-state index is 0.0469. The molecule has 1 aromatic rings. The van der Waals surface area contributed by atoms with Gasteiger partial charge in [-0.05, 0) is 6.07 Å². The number of nitro benzene ring substituents is 1. The maximum absolute atomic E-state index is 11.7. The zero-order valence-electron chi connectivity index (χ0n) is 12.7. The van der Waals surface area contributed by atoms with Crippen molar-refractivity contribution < 1.29 is 28.8 Å². The molecule has 10 nitrogen and oxygen atoms in total. The van der Waals surface area contributed by atoms with Crippen LogP contribution in [-0.2, 0) is 23.9 Å². The predicted molar refractivity (Wildman–Crippen MR) is 83.6 cm³/mol. The molecule has 0 radical (unpaired) electrons. The second kappa shape index (κ2) is 7.71. The van der Waals surface area contributed by atoms with Gasteiger partial charge in [0, 0.05) is 25.0 Å². The number of amides is 3. The lowest BCUT2D eigenvalue weighted by Gasteiger charge is -2.13.